The summed E-state index contributed by atoms with van der Waals surface area (Å²) in [5.74, 6) is -1.73. The highest BCUT2D eigenvalue weighted by Gasteiger charge is 2.29. The van der Waals surface area contributed by atoms with Crippen molar-refractivity contribution in [2.24, 2.45) is 5.28 Å². The zero-order valence-electron chi connectivity index (χ0n) is 16.0. The van der Waals surface area contributed by atoms with Crippen molar-refractivity contribution >= 4 is 28.7 Å². The molecule has 30 heavy (non-hydrogen) atoms. The van der Waals surface area contributed by atoms with Crippen molar-refractivity contribution in [2.75, 3.05) is 26.0 Å². The smallest absolute Gasteiger partial charge is 0.335 e. The van der Waals surface area contributed by atoms with Crippen LogP contribution in [0.3, 0.4) is 0 Å². The fourth-order valence-corrected chi connectivity index (χ4v) is 2.32. The van der Waals surface area contributed by atoms with Crippen LogP contribution in [0.4, 0.5) is 22.7 Å². The van der Waals surface area contributed by atoms with Gasteiger partial charge in [-0.2, -0.15) is 5.01 Å². The maximum absolute atomic E-state index is 11.5. The van der Waals surface area contributed by atoms with Gasteiger partial charge in [0.05, 0.1) is 34.5 Å². The quantitative estimate of drug-likeness (QED) is 0.289. The molecule has 0 unspecified atom stereocenters. The van der Waals surface area contributed by atoms with Gasteiger partial charge in [0.15, 0.2) is 0 Å². The molecule has 2 rings (SSSR count). The number of nitrogens with zero attached hydrogens (tertiary/aromatic N) is 6. The molecule has 0 aliphatic rings. The third kappa shape index (κ3) is 4.67. The monoisotopic (exact) mass is 420 g/mol. The Bertz CT molecular complexity index is 1040. The van der Waals surface area contributed by atoms with Crippen molar-refractivity contribution in [1.29, 1.82) is 0 Å². The molecule has 0 heterocycles. The molecular weight excluding hydrogens is 404 g/mol. The molecule has 0 aliphatic heterocycles. The second kappa shape index (κ2) is 8.68. The number of rotatable bonds is 8. The third-order valence-electron chi connectivity index (χ3n) is 3.84. The van der Waals surface area contributed by atoms with Crippen molar-refractivity contribution in [2.45, 2.75) is 0 Å². The minimum atomic E-state index is -1.20. The lowest BCUT2D eigenvalue weighted by Crippen LogP contribution is -2.21. The lowest BCUT2D eigenvalue weighted by molar-refractivity contribution is -0.695. The highest BCUT2D eigenvalue weighted by molar-refractivity contribution is 5.89. The van der Waals surface area contributed by atoms with E-state index < -0.39 is 32.9 Å². The van der Waals surface area contributed by atoms with E-state index in [2.05, 4.69) is 5.28 Å². The summed E-state index contributed by atoms with van der Waals surface area (Å²) in [4.78, 5) is 38.4. The van der Waals surface area contributed by atoms with E-state index in [1.54, 1.807) is 0 Å². The van der Waals surface area contributed by atoms with Crippen LogP contribution in [0.5, 0.6) is 5.75 Å². The molecule has 0 amide bonds. The maximum atomic E-state index is 11.5. The Hall–Kier alpha value is -4.49. The lowest BCUT2D eigenvalue weighted by atomic mass is 10.1. The van der Waals surface area contributed by atoms with Gasteiger partial charge in [0.2, 0.25) is 11.0 Å². The first kappa shape index (κ1) is 21.8. The molecule has 0 saturated heterocycles. The Morgan fingerprint density at radius 1 is 1.03 bits per heavy atom. The summed E-state index contributed by atoms with van der Waals surface area (Å²) in [5, 5.41) is 47.6. The molecule has 14 nitrogen and oxygen atoms in total. The summed E-state index contributed by atoms with van der Waals surface area (Å²) in [7, 11) is 4.09. The third-order valence-corrected chi connectivity index (χ3v) is 3.84. The summed E-state index contributed by atoms with van der Waals surface area (Å²) in [5.41, 5.74) is -1.38. The van der Waals surface area contributed by atoms with Crippen LogP contribution in [-0.4, -0.2) is 52.0 Å². The van der Waals surface area contributed by atoms with E-state index in [0.29, 0.717) is 6.07 Å². The molecule has 0 saturated carbocycles. The number of carbonyl (C=O) groups is 1. The van der Waals surface area contributed by atoms with Gasteiger partial charge in [-0.3, -0.25) is 25.1 Å². The van der Waals surface area contributed by atoms with Crippen molar-refractivity contribution in [3.63, 3.8) is 0 Å². The van der Waals surface area contributed by atoms with Gasteiger partial charge in [0.25, 0.3) is 5.69 Å². The van der Waals surface area contributed by atoms with E-state index in [9.17, 15) is 30.2 Å². The molecule has 2 aromatic carbocycles. The number of nitro groups is 2. The molecule has 0 aliphatic carbocycles. The van der Waals surface area contributed by atoms with Gasteiger partial charge in [0, 0.05) is 18.8 Å². The number of hydrazine groups is 1. The Morgan fingerprint density at radius 2 is 1.67 bits per heavy atom. The van der Waals surface area contributed by atoms with Crippen LogP contribution in [0.1, 0.15) is 10.4 Å². The van der Waals surface area contributed by atoms with Crippen molar-refractivity contribution in [3.05, 3.63) is 67.4 Å². The number of nitro benzene ring substituents is 2. The van der Waals surface area contributed by atoms with Gasteiger partial charge in [-0.05, 0) is 18.2 Å². The van der Waals surface area contributed by atoms with Crippen LogP contribution in [0.15, 0.2) is 41.7 Å². The zero-order valence-corrected chi connectivity index (χ0v) is 16.0. The highest BCUT2D eigenvalue weighted by atomic mass is 16.7. The molecule has 0 aromatic heterocycles. The molecular formula is C16H16N6O8. The Kier molecular flexibility index (Phi) is 6.31. The van der Waals surface area contributed by atoms with Gasteiger partial charge in [-0.15, -0.1) is 0 Å². The highest BCUT2D eigenvalue weighted by Crippen LogP contribution is 2.41. The molecule has 158 valence electrons. The zero-order chi connectivity index (χ0) is 22.6. The van der Waals surface area contributed by atoms with Crippen LogP contribution in [-0.2, 0) is 0 Å². The molecule has 0 fully saturated rings. The maximum Gasteiger partial charge on any atom is 0.335 e. The number of anilines is 2. The van der Waals surface area contributed by atoms with Gasteiger partial charge in [-0.1, -0.05) is 6.07 Å². The molecule has 0 bridgehead atoms. The average Bonchev–Trinajstić information content (AvgIpc) is 2.70. The minimum absolute atomic E-state index is 0.00482. The van der Waals surface area contributed by atoms with Crippen molar-refractivity contribution in [3.8, 4) is 5.75 Å². The number of carboxylic acid groups (broad SMARTS) is 1. The normalized spacial score (nSPS) is 11.0. The summed E-state index contributed by atoms with van der Waals surface area (Å²) < 4.78 is 0. The van der Waals surface area contributed by atoms with Gasteiger partial charge in [-0.25, -0.2) is 4.79 Å². The topological polar surface area (TPSA) is 178 Å². The first-order valence-electron chi connectivity index (χ1n) is 8.09. The molecule has 0 atom stereocenters. The Balaban J connectivity index is 2.64. The summed E-state index contributed by atoms with van der Waals surface area (Å²) >= 11 is 0. The summed E-state index contributed by atoms with van der Waals surface area (Å²) in [6.45, 7) is 0. The number of hydrogen-bond acceptors (Lipinski definition) is 9. The van der Waals surface area contributed by atoms with Gasteiger partial charge in [0.1, 0.15) is 11.8 Å². The first-order chi connectivity index (χ1) is 14.0. The predicted octanol–water partition coefficient (Wildman–Crippen LogP) is 2.70. The molecule has 0 spiro atoms. The lowest BCUT2D eigenvalue weighted by Gasteiger charge is -2.20. The number of hydrogen-bond donors (Lipinski definition) is 1. The molecule has 2 aromatic rings. The van der Waals surface area contributed by atoms with E-state index in [1.165, 1.54) is 50.3 Å². The van der Waals surface area contributed by atoms with E-state index in [1.807, 2.05) is 0 Å². The van der Waals surface area contributed by atoms with Crippen LogP contribution in [0.25, 0.3) is 0 Å². The first-order valence-corrected chi connectivity index (χ1v) is 8.09. The molecule has 1 N–H and O–H groups in total. The molecule has 14 heteroatoms. The van der Waals surface area contributed by atoms with Crippen LogP contribution in [0, 0.1) is 25.4 Å². The SMILES string of the molecule is CN(c1cccc(C(=O)O)c1)c1cc(O/N=[N+](/[O-])N(C)C)c([N+](=O)[O-])cc1[N+](=O)[O-]. The van der Waals surface area contributed by atoms with Crippen LogP contribution < -0.4 is 9.74 Å². The largest absolute Gasteiger partial charge is 0.569 e. The predicted molar refractivity (Wildman–Crippen MR) is 102 cm³/mol. The number of carboxylic acids is 1. The van der Waals surface area contributed by atoms with E-state index in [-0.39, 0.29) is 21.9 Å². The van der Waals surface area contributed by atoms with Gasteiger partial charge >= 0.3 is 11.7 Å². The van der Waals surface area contributed by atoms with Gasteiger partial charge < -0.3 is 15.2 Å². The number of benzene rings is 2. The van der Waals surface area contributed by atoms with Crippen molar-refractivity contribution in [1.82, 2.24) is 5.01 Å². The Morgan fingerprint density at radius 3 is 2.20 bits per heavy atom. The van der Waals surface area contributed by atoms with Crippen molar-refractivity contribution < 1.29 is 29.6 Å². The standard InChI is InChI=1S/C16H16N6O8/c1-18(2)22(29)17-30-15-9-12(13(20(25)26)8-14(15)21(27)28)19(3)11-6-4-5-10(7-11)16(23)24/h4-9H,1-3H3,(H,23,24)/b22-17+. The van der Waals surface area contributed by atoms with E-state index in [0.717, 1.165) is 11.1 Å². The van der Waals surface area contributed by atoms with Crippen LogP contribution in [0.2, 0.25) is 0 Å². The average molecular weight is 420 g/mol. The van der Waals surface area contributed by atoms with Crippen LogP contribution >= 0.6 is 0 Å². The minimum Gasteiger partial charge on any atom is -0.569 e. The summed E-state index contributed by atoms with van der Waals surface area (Å²) in [6.07, 6.45) is 0. The number of aromatic carboxylic acids is 1. The Labute approximate surface area is 168 Å². The second-order valence-corrected chi connectivity index (χ2v) is 6.01. The van der Waals surface area contributed by atoms with E-state index in [4.69, 9.17) is 9.94 Å². The fourth-order valence-electron chi connectivity index (χ4n) is 2.32. The molecule has 0 radical (unpaired) electrons. The summed E-state index contributed by atoms with van der Waals surface area (Å²) in [6, 6.07) is 7.17. The fraction of sp³-hybridized carbons (Fsp3) is 0.188. The van der Waals surface area contributed by atoms with E-state index >= 15 is 0 Å². The second-order valence-electron chi connectivity index (χ2n) is 6.01.